The van der Waals surface area contributed by atoms with E-state index in [2.05, 4.69) is 21.7 Å². The molecule has 5 rings (SSSR count). The fourth-order valence-corrected chi connectivity index (χ4v) is 5.37. The minimum atomic E-state index is -0.414. The number of carbonyl (C=O) groups excluding carboxylic acids is 2. The molecule has 0 spiro atoms. The molecule has 210 valence electrons. The van der Waals surface area contributed by atoms with Crippen LogP contribution < -0.4 is 20.9 Å². The number of rotatable bonds is 7. The Kier molecular flexibility index (Phi) is 8.19. The van der Waals surface area contributed by atoms with Crippen LogP contribution in [0.3, 0.4) is 0 Å². The zero-order valence-corrected chi connectivity index (χ0v) is 22.9. The highest BCUT2D eigenvalue weighted by molar-refractivity contribution is 6.11. The molecule has 0 aliphatic carbocycles. The lowest BCUT2D eigenvalue weighted by Crippen LogP contribution is -2.45. The van der Waals surface area contributed by atoms with E-state index in [4.69, 9.17) is 15.2 Å². The lowest BCUT2D eigenvalue weighted by Gasteiger charge is -2.34. The van der Waals surface area contributed by atoms with Gasteiger partial charge in [0.15, 0.2) is 5.78 Å². The number of nitrogens with two attached hydrogens (primary N) is 1. The first-order valence-electron chi connectivity index (χ1n) is 13.5. The fraction of sp³-hybridized carbons (Fsp3) is 0.448. The summed E-state index contributed by atoms with van der Waals surface area (Å²) in [5, 5.41) is 0. The topological polar surface area (TPSA) is 125 Å². The standard InChI is InChI=1S/C29H34N6O5/c1-3-4-11-35-26-25(31-19-34(29(26)38)18-23(36)20-7-5-9-22(16-20)39-2)24(28(37)32-12-14-40-15-13-32)27(35)33-10-6-8-21(30)17-33/h5,7,9,16,19,21H,6,8,10-15,17-18,30H2,1-2H3/t21-/m0/s1. The van der Waals surface area contributed by atoms with Gasteiger partial charge in [-0.2, -0.15) is 0 Å². The molecular weight excluding hydrogens is 512 g/mol. The summed E-state index contributed by atoms with van der Waals surface area (Å²) < 4.78 is 13.8. The van der Waals surface area contributed by atoms with E-state index >= 15 is 0 Å². The Morgan fingerprint density at radius 3 is 2.75 bits per heavy atom. The van der Waals surface area contributed by atoms with Gasteiger partial charge in [0, 0.05) is 37.8 Å². The third-order valence-corrected chi connectivity index (χ3v) is 7.39. The van der Waals surface area contributed by atoms with E-state index in [-0.39, 0.29) is 36.3 Å². The van der Waals surface area contributed by atoms with Gasteiger partial charge in [-0.1, -0.05) is 18.1 Å². The number of amides is 1. The first-order valence-corrected chi connectivity index (χ1v) is 13.5. The summed E-state index contributed by atoms with van der Waals surface area (Å²) in [5.74, 6) is 6.64. The zero-order valence-electron chi connectivity index (χ0n) is 22.9. The van der Waals surface area contributed by atoms with Crippen LogP contribution in [0.4, 0.5) is 5.82 Å². The van der Waals surface area contributed by atoms with E-state index in [1.54, 1.807) is 40.7 Å². The molecule has 2 aliphatic heterocycles. The van der Waals surface area contributed by atoms with Gasteiger partial charge in [0.05, 0.1) is 39.7 Å². The third kappa shape index (κ3) is 5.33. The van der Waals surface area contributed by atoms with E-state index in [0.29, 0.717) is 67.6 Å². The van der Waals surface area contributed by atoms with Crippen molar-refractivity contribution >= 4 is 28.5 Å². The molecule has 0 bridgehead atoms. The number of methoxy groups -OCH3 is 1. The summed E-state index contributed by atoms with van der Waals surface area (Å²) in [6.07, 6.45) is 3.09. The molecule has 2 aliphatic rings. The van der Waals surface area contributed by atoms with Crippen molar-refractivity contribution in [2.45, 2.75) is 38.9 Å². The van der Waals surface area contributed by atoms with Crippen molar-refractivity contribution in [3.63, 3.8) is 0 Å². The smallest absolute Gasteiger partial charge is 0.278 e. The Labute approximate surface area is 232 Å². The maximum Gasteiger partial charge on any atom is 0.278 e. The highest BCUT2D eigenvalue weighted by Crippen LogP contribution is 2.33. The van der Waals surface area contributed by atoms with Crippen molar-refractivity contribution in [1.29, 1.82) is 0 Å². The van der Waals surface area contributed by atoms with Gasteiger partial charge in [0.25, 0.3) is 11.5 Å². The van der Waals surface area contributed by atoms with Crippen LogP contribution in [0.15, 0.2) is 35.4 Å². The summed E-state index contributed by atoms with van der Waals surface area (Å²) in [6, 6.07) is 6.73. The van der Waals surface area contributed by atoms with Crippen LogP contribution in [-0.2, 0) is 17.8 Å². The molecule has 11 nitrogen and oxygen atoms in total. The summed E-state index contributed by atoms with van der Waals surface area (Å²) in [6.45, 7) is 4.73. The van der Waals surface area contributed by atoms with Crippen LogP contribution in [0, 0.1) is 11.8 Å². The number of hydrogen-bond acceptors (Lipinski definition) is 8. The van der Waals surface area contributed by atoms with Gasteiger partial charge in [-0.15, -0.1) is 5.92 Å². The van der Waals surface area contributed by atoms with Crippen molar-refractivity contribution in [2.75, 3.05) is 51.4 Å². The molecule has 11 heteroatoms. The Morgan fingerprint density at radius 2 is 2.02 bits per heavy atom. The summed E-state index contributed by atoms with van der Waals surface area (Å²) in [4.78, 5) is 49.6. The normalized spacial score (nSPS) is 17.4. The number of nitrogens with zero attached hydrogens (tertiary/aromatic N) is 5. The number of hydrogen-bond donors (Lipinski definition) is 1. The average molecular weight is 547 g/mol. The SMILES string of the molecule is CC#CCn1c(N2CCC[C@H](N)C2)c(C(=O)N2CCOCC2)c2ncn(CC(=O)c3cccc(OC)c3)c(=O)c21. The Bertz CT molecular complexity index is 1540. The number of aromatic nitrogens is 3. The van der Waals surface area contributed by atoms with Gasteiger partial charge in [0.2, 0.25) is 0 Å². The number of piperidine rings is 1. The van der Waals surface area contributed by atoms with Crippen LogP contribution in [0.1, 0.15) is 40.5 Å². The second-order valence-electron chi connectivity index (χ2n) is 9.99. The third-order valence-electron chi connectivity index (χ3n) is 7.39. The number of Topliss-reactive ketones (excluding diaryl/α,β-unsaturated/α-hetero) is 1. The van der Waals surface area contributed by atoms with Gasteiger partial charge in [-0.3, -0.25) is 19.0 Å². The quantitative estimate of drug-likeness (QED) is 0.349. The van der Waals surface area contributed by atoms with Gasteiger partial charge in [-0.05, 0) is 31.9 Å². The Hall–Kier alpha value is -4.14. The van der Waals surface area contributed by atoms with Crippen molar-refractivity contribution in [3.8, 4) is 17.6 Å². The number of ketones is 1. The monoisotopic (exact) mass is 546 g/mol. The fourth-order valence-electron chi connectivity index (χ4n) is 5.37. The highest BCUT2D eigenvalue weighted by atomic mass is 16.5. The Balaban J connectivity index is 1.66. The molecule has 2 saturated heterocycles. The highest BCUT2D eigenvalue weighted by Gasteiger charge is 2.34. The van der Waals surface area contributed by atoms with E-state index in [1.807, 2.05) is 0 Å². The lowest BCUT2D eigenvalue weighted by molar-refractivity contribution is 0.0304. The van der Waals surface area contributed by atoms with E-state index in [1.165, 1.54) is 18.0 Å². The van der Waals surface area contributed by atoms with Crippen LogP contribution >= 0.6 is 0 Å². The first kappa shape index (κ1) is 27.4. The molecule has 1 aromatic carbocycles. The van der Waals surface area contributed by atoms with Gasteiger partial charge in [0.1, 0.15) is 28.2 Å². The predicted molar refractivity (Wildman–Crippen MR) is 151 cm³/mol. The van der Waals surface area contributed by atoms with Gasteiger partial charge in [-0.25, -0.2) is 4.98 Å². The number of carbonyl (C=O) groups is 2. The molecule has 4 heterocycles. The lowest BCUT2D eigenvalue weighted by atomic mass is 10.1. The van der Waals surface area contributed by atoms with Crippen LogP contribution in [0.2, 0.25) is 0 Å². The largest absolute Gasteiger partial charge is 0.497 e. The maximum absolute atomic E-state index is 14.0. The molecule has 40 heavy (non-hydrogen) atoms. The summed E-state index contributed by atoms with van der Waals surface area (Å²) >= 11 is 0. The molecule has 2 fully saturated rings. The van der Waals surface area contributed by atoms with E-state index in [0.717, 1.165) is 12.8 Å². The second-order valence-corrected chi connectivity index (χ2v) is 9.99. The van der Waals surface area contributed by atoms with Gasteiger partial charge >= 0.3 is 0 Å². The molecule has 3 aromatic rings. The van der Waals surface area contributed by atoms with Crippen LogP contribution in [0.5, 0.6) is 5.75 Å². The molecule has 2 aromatic heterocycles. The molecule has 1 atom stereocenters. The minimum absolute atomic E-state index is 0.0612. The molecule has 1 amide bonds. The van der Waals surface area contributed by atoms with Crippen molar-refractivity contribution in [3.05, 3.63) is 52.1 Å². The molecule has 0 unspecified atom stereocenters. The molecule has 2 N–H and O–H groups in total. The van der Waals surface area contributed by atoms with E-state index < -0.39 is 5.56 Å². The minimum Gasteiger partial charge on any atom is -0.497 e. The number of morpholine rings is 1. The number of anilines is 1. The maximum atomic E-state index is 14.0. The van der Waals surface area contributed by atoms with Crippen molar-refractivity contribution < 1.29 is 19.1 Å². The molecule has 0 radical (unpaired) electrons. The van der Waals surface area contributed by atoms with Crippen LogP contribution in [-0.4, -0.2) is 83.3 Å². The molecular formula is C29H34N6O5. The van der Waals surface area contributed by atoms with Gasteiger partial charge < -0.3 is 29.6 Å². The second kappa shape index (κ2) is 11.9. The number of ether oxygens (including phenoxy) is 2. The summed E-state index contributed by atoms with van der Waals surface area (Å²) in [7, 11) is 1.53. The number of fused-ring (bicyclic) bond motifs is 1. The zero-order chi connectivity index (χ0) is 28.2. The first-order chi connectivity index (χ1) is 19.4. The average Bonchev–Trinajstić information content (AvgIpc) is 3.32. The van der Waals surface area contributed by atoms with Crippen molar-refractivity contribution in [1.82, 2.24) is 19.0 Å². The summed E-state index contributed by atoms with van der Waals surface area (Å²) in [5.41, 5.74) is 7.27. The van der Waals surface area contributed by atoms with Crippen LogP contribution in [0.25, 0.3) is 11.0 Å². The Morgan fingerprint density at radius 1 is 1.23 bits per heavy atom. The van der Waals surface area contributed by atoms with Crippen molar-refractivity contribution in [2.24, 2.45) is 5.73 Å². The number of benzene rings is 1. The molecule has 0 saturated carbocycles. The predicted octanol–water partition coefficient (Wildman–Crippen LogP) is 1.51. The van der Waals surface area contributed by atoms with E-state index in [9.17, 15) is 14.4 Å².